The molecule has 0 saturated carbocycles. The van der Waals surface area contributed by atoms with Gasteiger partial charge in [0.15, 0.2) is 0 Å². The highest BCUT2D eigenvalue weighted by Gasteiger charge is 2.22. The van der Waals surface area contributed by atoms with Crippen LogP contribution in [0.4, 0.5) is 17.1 Å². The molecule has 2 rings (SSSR count). The second-order valence-corrected chi connectivity index (χ2v) is 6.78. The fourth-order valence-electron chi connectivity index (χ4n) is 2.84. The fourth-order valence-corrected chi connectivity index (χ4v) is 2.84. The van der Waals surface area contributed by atoms with Gasteiger partial charge in [0.1, 0.15) is 5.75 Å². The first-order valence-corrected chi connectivity index (χ1v) is 9.48. The number of non-ortho nitro benzene ring substituents is 1. The Balaban J connectivity index is 2.00. The third-order valence-corrected chi connectivity index (χ3v) is 4.76. The predicted octanol–water partition coefficient (Wildman–Crippen LogP) is 3.06. The number of likely N-dealkylation sites (N-methyl/N-ethyl adjacent to an activating group) is 1. The van der Waals surface area contributed by atoms with Gasteiger partial charge in [-0.15, -0.1) is 0 Å². The summed E-state index contributed by atoms with van der Waals surface area (Å²) in [5.74, 6) is -0.418. The molecule has 160 valence electrons. The van der Waals surface area contributed by atoms with E-state index in [-0.39, 0.29) is 29.8 Å². The molecule has 0 bridgehead atoms. The number of carbonyl (C=O) groups excluding carboxylic acids is 2. The summed E-state index contributed by atoms with van der Waals surface area (Å²) in [6, 6.07) is 10.9. The molecule has 0 aromatic heterocycles. The number of methoxy groups -OCH3 is 1. The molecule has 0 fully saturated rings. The number of nitrogens with zero attached hydrogens (tertiary/aromatic N) is 2. The molecule has 0 unspecified atom stereocenters. The lowest BCUT2D eigenvalue weighted by atomic mass is 10.1. The van der Waals surface area contributed by atoms with Gasteiger partial charge in [-0.2, -0.15) is 0 Å². The van der Waals surface area contributed by atoms with Crippen molar-refractivity contribution in [1.29, 1.82) is 0 Å². The third-order valence-electron chi connectivity index (χ3n) is 4.76. The predicted molar refractivity (Wildman–Crippen MR) is 115 cm³/mol. The number of benzene rings is 2. The molecule has 0 saturated heterocycles. The summed E-state index contributed by atoms with van der Waals surface area (Å²) in [6.45, 7) is 3.69. The van der Waals surface area contributed by atoms with Crippen LogP contribution in [0.1, 0.15) is 19.4 Å². The number of aryl methyl sites for hydroxylation is 1. The smallest absolute Gasteiger partial charge is 0.273 e. The summed E-state index contributed by atoms with van der Waals surface area (Å²) >= 11 is 0. The zero-order chi connectivity index (χ0) is 22.3. The highest BCUT2D eigenvalue weighted by atomic mass is 16.6. The topological polar surface area (TPSA) is 114 Å². The Morgan fingerprint density at radius 3 is 2.50 bits per heavy atom. The van der Waals surface area contributed by atoms with Crippen molar-refractivity contribution < 1.29 is 19.2 Å². The number of nitrogens with one attached hydrogen (secondary N) is 2. The Labute approximate surface area is 175 Å². The minimum absolute atomic E-state index is 0.0179. The van der Waals surface area contributed by atoms with E-state index in [0.717, 1.165) is 17.7 Å². The Bertz CT molecular complexity index is 931. The maximum atomic E-state index is 12.6. The number of hydrogen-bond donors (Lipinski definition) is 2. The minimum atomic E-state index is -0.628. The van der Waals surface area contributed by atoms with E-state index in [9.17, 15) is 19.7 Å². The molecule has 0 spiro atoms. The quantitative estimate of drug-likeness (QED) is 0.482. The normalized spacial score (nSPS) is 11.6. The standard InChI is InChI=1S/C21H26N4O5/c1-5-15-8-6-7-9-17(15)22-20(26)13-24(3)14(2)21(27)23-18-11-10-16(25(28)29)12-19(18)30-4/h6-12,14H,5,13H2,1-4H3,(H,22,26)(H,23,27)/t14-/m1/s1. The first-order valence-electron chi connectivity index (χ1n) is 9.48. The number of para-hydroxylation sites is 1. The van der Waals surface area contributed by atoms with Gasteiger partial charge in [-0.25, -0.2) is 0 Å². The summed E-state index contributed by atoms with van der Waals surface area (Å²) in [5, 5.41) is 16.5. The summed E-state index contributed by atoms with van der Waals surface area (Å²) in [4.78, 5) is 37.0. The largest absolute Gasteiger partial charge is 0.494 e. The van der Waals surface area contributed by atoms with E-state index < -0.39 is 11.0 Å². The van der Waals surface area contributed by atoms with Gasteiger partial charge in [0.25, 0.3) is 5.69 Å². The van der Waals surface area contributed by atoms with E-state index in [1.807, 2.05) is 31.2 Å². The average Bonchev–Trinajstić information content (AvgIpc) is 2.73. The van der Waals surface area contributed by atoms with E-state index in [1.165, 1.54) is 25.3 Å². The number of nitro groups is 1. The van der Waals surface area contributed by atoms with Gasteiger partial charge < -0.3 is 15.4 Å². The van der Waals surface area contributed by atoms with Crippen molar-refractivity contribution in [3.8, 4) is 5.75 Å². The van der Waals surface area contributed by atoms with Crippen LogP contribution in [0.5, 0.6) is 5.75 Å². The van der Waals surface area contributed by atoms with Crippen molar-refractivity contribution in [2.75, 3.05) is 31.3 Å². The number of anilines is 2. The molecule has 0 radical (unpaired) electrons. The molecular weight excluding hydrogens is 388 g/mol. The molecule has 2 N–H and O–H groups in total. The average molecular weight is 414 g/mol. The van der Waals surface area contributed by atoms with E-state index in [0.29, 0.717) is 5.69 Å². The van der Waals surface area contributed by atoms with Gasteiger partial charge in [0.05, 0.1) is 36.4 Å². The van der Waals surface area contributed by atoms with Crippen molar-refractivity contribution in [2.45, 2.75) is 26.3 Å². The van der Waals surface area contributed by atoms with Gasteiger partial charge in [-0.3, -0.25) is 24.6 Å². The molecule has 9 nitrogen and oxygen atoms in total. The van der Waals surface area contributed by atoms with Crippen molar-refractivity contribution in [3.05, 3.63) is 58.1 Å². The molecule has 0 aliphatic carbocycles. The summed E-state index contributed by atoms with van der Waals surface area (Å²) in [7, 11) is 3.03. The minimum Gasteiger partial charge on any atom is -0.494 e. The van der Waals surface area contributed by atoms with Crippen molar-refractivity contribution in [2.24, 2.45) is 0 Å². The number of hydrogen-bond acceptors (Lipinski definition) is 6. The third kappa shape index (κ3) is 5.77. The van der Waals surface area contributed by atoms with Crippen LogP contribution in [0.15, 0.2) is 42.5 Å². The van der Waals surface area contributed by atoms with E-state index in [1.54, 1.807) is 18.9 Å². The van der Waals surface area contributed by atoms with Crippen molar-refractivity contribution in [1.82, 2.24) is 4.90 Å². The van der Waals surface area contributed by atoms with E-state index in [2.05, 4.69) is 10.6 Å². The summed E-state index contributed by atoms with van der Waals surface area (Å²) in [5.41, 5.74) is 1.96. The number of carbonyl (C=O) groups is 2. The Morgan fingerprint density at radius 2 is 1.87 bits per heavy atom. The SMILES string of the molecule is CCc1ccccc1NC(=O)CN(C)[C@H](C)C(=O)Nc1ccc([N+](=O)[O-])cc1OC. The van der Waals surface area contributed by atoms with E-state index in [4.69, 9.17) is 4.74 Å². The Kier molecular flexibility index (Phi) is 7.88. The first-order chi connectivity index (χ1) is 14.3. The molecule has 2 aromatic rings. The number of nitro benzene ring substituents is 1. The van der Waals surface area contributed by atoms with Gasteiger partial charge in [0, 0.05) is 11.8 Å². The second kappa shape index (κ2) is 10.4. The molecule has 1 atom stereocenters. The monoisotopic (exact) mass is 414 g/mol. The first kappa shape index (κ1) is 22.8. The fraction of sp³-hybridized carbons (Fsp3) is 0.333. The lowest BCUT2D eigenvalue weighted by Crippen LogP contribution is -2.43. The molecule has 30 heavy (non-hydrogen) atoms. The molecule has 0 aliphatic rings. The Hall–Kier alpha value is -3.46. The molecule has 9 heteroatoms. The zero-order valence-electron chi connectivity index (χ0n) is 17.5. The van der Waals surface area contributed by atoms with Crippen LogP contribution in [-0.4, -0.2) is 48.4 Å². The van der Waals surface area contributed by atoms with Gasteiger partial charge in [-0.1, -0.05) is 25.1 Å². The van der Waals surface area contributed by atoms with E-state index >= 15 is 0 Å². The summed E-state index contributed by atoms with van der Waals surface area (Å²) < 4.78 is 5.13. The van der Waals surface area contributed by atoms with Crippen LogP contribution in [0.25, 0.3) is 0 Å². The molecular formula is C21H26N4O5. The maximum Gasteiger partial charge on any atom is 0.273 e. The highest BCUT2D eigenvalue weighted by Crippen LogP contribution is 2.29. The van der Waals surface area contributed by atoms with Gasteiger partial charge >= 0.3 is 0 Å². The zero-order valence-corrected chi connectivity index (χ0v) is 17.5. The molecule has 2 aromatic carbocycles. The second-order valence-electron chi connectivity index (χ2n) is 6.78. The molecule has 0 heterocycles. The van der Waals surface area contributed by atoms with Crippen LogP contribution in [0.2, 0.25) is 0 Å². The number of rotatable bonds is 9. The van der Waals surface area contributed by atoms with Crippen LogP contribution in [0.3, 0.4) is 0 Å². The van der Waals surface area contributed by atoms with Gasteiger partial charge in [0.2, 0.25) is 11.8 Å². The van der Waals surface area contributed by atoms with Crippen LogP contribution < -0.4 is 15.4 Å². The molecule has 2 amide bonds. The maximum absolute atomic E-state index is 12.6. The molecule has 0 aliphatic heterocycles. The number of amides is 2. The Morgan fingerprint density at radius 1 is 1.17 bits per heavy atom. The van der Waals surface area contributed by atoms with Crippen molar-refractivity contribution >= 4 is 28.9 Å². The van der Waals surface area contributed by atoms with Crippen molar-refractivity contribution in [3.63, 3.8) is 0 Å². The van der Waals surface area contributed by atoms with Crippen LogP contribution >= 0.6 is 0 Å². The lowest BCUT2D eigenvalue weighted by Gasteiger charge is -2.24. The van der Waals surface area contributed by atoms with Crippen LogP contribution in [0, 0.1) is 10.1 Å². The summed E-state index contributed by atoms with van der Waals surface area (Å²) in [6.07, 6.45) is 0.794. The number of ether oxygens (including phenoxy) is 1. The van der Waals surface area contributed by atoms with Crippen LogP contribution in [-0.2, 0) is 16.0 Å². The highest BCUT2D eigenvalue weighted by molar-refractivity contribution is 5.97. The van der Waals surface area contributed by atoms with Gasteiger partial charge in [-0.05, 0) is 38.1 Å². The lowest BCUT2D eigenvalue weighted by molar-refractivity contribution is -0.384.